The van der Waals surface area contributed by atoms with Crippen LogP contribution in [0.2, 0.25) is 0 Å². The van der Waals surface area contributed by atoms with Crippen molar-refractivity contribution in [3.05, 3.63) is 24.0 Å². The summed E-state index contributed by atoms with van der Waals surface area (Å²) in [6.45, 7) is 5.42. The maximum Gasteiger partial charge on any atom is 0.239 e. The molecule has 0 saturated carbocycles. The summed E-state index contributed by atoms with van der Waals surface area (Å²) in [6.07, 6.45) is 1.64. The smallest absolute Gasteiger partial charge is 0.239 e. The average Bonchev–Trinajstić information content (AvgIpc) is 2.36. The fraction of sp³-hybridized carbons (Fsp3) is 0.417. The van der Waals surface area contributed by atoms with Crippen LogP contribution in [0.25, 0.3) is 0 Å². The van der Waals surface area contributed by atoms with E-state index in [1.807, 2.05) is 24.8 Å². The van der Waals surface area contributed by atoms with Gasteiger partial charge < -0.3 is 16.0 Å². The first-order valence-corrected chi connectivity index (χ1v) is 6.27. The molecule has 0 radical (unpaired) electrons. The fourth-order valence-corrected chi connectivity index (χ4v) is 1.79. The molecule has 0 bridgehead atoms. The molecule has 1 amide bonds. The topological polar surface area (TPSA) is 71.2 Å². The van der Waals surface area contributed by atoms with Gasteiger partial charge in [0.15, 0.2) is 0 Å². The average molecular weight is 266 g/mol. The molecule has 1 aromatic heterocycles. The highest BCUT2D eigenvalue weighted by Gasteiger charge is 2.14. The summed E-state index contributed by atoms with van der Waals surface area (Å²) in [6, 6.07) is 3.67. The van der Waals surface area contributed by atoms with Crippen molar-refractivity contribution in [1.29, 1.82) is 0 Å². The molecule has 0 spiro atoms. The van der Waals surface area contributed by atoms with E-state index in [2.05, 4.69) is 10.3 Å². The van der Waals surface area contributed by atoms with E-state index in [1.54, 1.807) is 12.3 Å². The molecular formula is C12H18N4OS. The summed E-state index contributed by atoms with van der Waals surface area (Å²) in [5, 5.41) is 2.76. The number of aromatic nitrogens is 1. The zero-order chi connectivity index (χ0) is 13.5. The highest BCUT2D eigenvalue weighted by molar-refractivity contribution is 7.80. The Bertz CT molecular complexity index is 436. The summed E-state index contributed by atoms with van der Waals surface area (Å²) >= 11 is 4.97. The highest BCUT2D eigenvalue weighted by Crippen LogP contribution is 2.17. The van der Waals surface area contributed by atoms with Crippen molar-refractivity contribution >= 4 is 28.8 Å². The van der Waals surface area contributed by atoms with Crippen LogP contribution in [0, 0.1) is 0 Å². The van der Waals surface area contributed by atoms with E-state index in [0.717, 1.165) is 5.69 Å². The van der Waals surface area contributed by atoms with Gasteiger partial charge in [-0.15, -0.1) is 0 Å². The highest BCUT2D eigenvalue weighted by atomic mass is 32.1. The Labute approximate surface area is 112 Å². The molecule has 0 unspecified atom stereocenters. The van der Waals surface area contributed by atoms with Crippen molar-refractivity contribution in [3.8, 4) is 0 Å². The van der Waals surface area contributed by atoms with Crippen LogP contribution in [0.3, 0.4) is 0 Å². The van der Waals surface area contributed by atoms with E-state index in [9.17, 15) is 4.79 Å². The Hall–Kier alpha value is -1.69. The second-order valence-corrected chi connectivity index (χ2v) is 4.14. The van der Waals surface area contributed by atoms with Crippen molar-refractivity contribution in [3.63, 3.8) is 0 Å². The summed E-state index contributed by atoms with van der Waals surface area (Å²) in [5.74, 6) is -0.0305. The molecule has 0 aliphatic carbocycles. The third kappa shape index (κ3) is 3.66. The van der Waals surface area contributed by atoms with E-state index >= 15 is 0 Å². The predicted molar refractivity (Wildman–Crippen MR) is 76.7 cm³/mol. The molecule has 0 aliphatic rings. The van der Waals surface area contributed by atoms with Gasteiger partial charge >= 0.3 is 0 Å². The number of pyridine rings is 1. The molecule has 0 atom stereocenters. The zero-order valence-corrected chi connectivity index (χ0v) is 11.5. The van der Waals surface area contributed by atoms with Gasteiger partial charge in [-0.3, -0.25) is 9.78 Å². The van der Waals surface area contributed by atoms with E-state index in [-0.39, 0.29) is 17.4 Å². The number of thiocarbonyl (C=S) groups is 1. The first-order chi connectivity index (χ1) is 8.60. The second-order valence-electron chi connectivity index (χ2n) is 3.70. The monoisotopic (exact) mass is 266 g/mol. The fourth-order valence-electron chi connectivity index (χ4n) is 1.64. The van der Waals surface area contributed by atoms with Crippen molar-refractivity contribution in [2.45, 2.75) is 13.8 Å². The number of nitrogens with one attached hydrogen (secondary N) is 1. The third-order valence-electron chi connectivity index (χ3n) is 2.45. The van der Waals surface area contributed by atoms with E-state index < -0.39 is 0 Å². The summed E-state index contributed by atoms with van der Waals surface area (Å²) < 4.78 is 0. The Morgan fingerprint density at radius 1 is 1.56 bits per heavy atom. The van der Waals surface area contributed by atoms with Gasteiger partial charge in [0.1, 0.15) is 10.7 Å². The first kappa shape index (κ1) is 14.4. The number of amides is 1. The van der Waals surface area contributed by atoms with Crippen LogP contribution in [0.4, 0.5) is 5.69 Å². The lowest BCUT2D eigenvalue weighted by Crippen LogP contribution is -2.38. The molecule has 1 aromatic rings. The number of hydrogen-bond donors (Lipinski definition) is 2. The van der Waals surface area contributed by atoms with Gasteiger partial charge in [0.25, 0.3) is 0 Å². The predicted octanol–water partition coefficient (Wildman–Crippen LogP) is 0.678. The number of anilines is 1. The molecule has 0 aliphatic heterocycles. The lowest BCUT2D eigenvalue weighted by Gasteiger charge is -2.24. The largest absolute Gasteiger partial charge is 0.388 e. The number of hydrogen-bond acceptors (Lipinski definition) is 4. The van der Waals surface area contributed by atoms with E-state index in [0.29, 0.717) is 18.8 Å². The molecule has 18 heavy (non-hydrogen) atoms. The minimum absolute atomic E-state index is 0.0305. The number of carbonyl (C=O) groups is 1. The zero-order valence-electron chi connectivity index (χ0n) is 10.6. The number of carbonyl (C=O) groups excluding carboxylic acids is 1. The van der Waals surface area contributed by atoms with Crippen molar-refractivity contribution < 1.29 is 4.79 Å². The Morgan fingerprint density at radius 3 is 2.83 bits per heavy atom. The van der Waals surface area contributed by atoms with Gasteiger partial charge in [-0.2, -0.15) is 0 Å². The number of nitrogens with zero attached hydrogens (tertiary/aromatic N) is 2. The minimum atomic E-state index is -0.0305. The molecule has 0 saturated heterocycles. The molecule has 0 aromatic carbocycles. The van der Waals surface area contributed by atoms with E-state index in [4.69, 9.17) is 18.0 Å². The number of rotatable bonds is 6. The van der Waals surface area contributed by atoms with Crippen LogP contribution in [0.1, 0.15) is 19.5 Å². The molecule has 1 rings (SSSR count). The van der Waals surface area contributed by atoms with Crippen LogP contribution in [-0.2, 0) is 4.79 Å². The number of likely N-dealkylation sites (N-methyl/N-ethyl adjacent to an activating group) is 2. The Kier molecular flexibility index (Phi) is 5.51. The van der Waals surface area contributed by atoms with Crippen LogP contribution in [-0.4, -0.2) is 35.5 Å². The second kappa shape index (κ2) is 6.90. The lowest BCUT2D eigenvalue weighted by molar-refractivity contribution is -0.119. The van der Waals surface area contributed by atoms with Crippen LogP contribution >= 0.6 is 12.2 Å². The van der Waals surface area contributed by atoms with E-state index in [1.165, 1.54) is 0 Å². The van der Waals surface area contributed by atoms with Crippen molar-refractivity contribution in [1.82, 2.24) is 10.3 Å². The van der Waals surface area contributed by atoms with Gasteiger partial charge in [0.2, 0.25) is 5.91 Å². The van der Waals surface area contributed by atoms with Crippen molar-refractivity contribution in [2.75, 3.05) is 24.5 Å². The molecule has 3 N–H and O–H groups in total. The maximum absolute atomic E-state index is 11.6. The Morgan fingerprint density at radius 2 is 2.28 bits per heavy atom. The van der Waals surface area contributed by atoms with Gasteiger partial charge in [0.05, 0.1) is 12.2 Å². The Balaban J connectivity index is 2.94. The van der Waals surface area contributed by atoms with Crippen molar-refractivity contribution in [2.24, 2.45) is 5.73 Å². The molecule has 1 heterocycles. The van der Waals surface area contributed by atoms with Gasteiger partial charge in [-0.1, -0.05) is 12.2 Å². The van der Waals surface area contributed by atoms with Gasteiger partial charge in [0, 0.05) is 19.3 Å². The summed E-state index contributed by atoms with van der Waals surface area (Å²) in [4.78, 5) is 17.9. The quantitative estimate of drug-likeness (QED) is 0.741. The minimum Gasteiger partial charge on any atom is -0.388 e. The lowest BCUT2D eigenvalue weighted by atomic mass is 10.2. The molecule has 6 heteroatoms. The standard InChI is InChI=1S/C12H18N4OS/c1-3-14-10(17)8-16(4-2)9-6-5-7-15-11(9)12(13)18/h5-7H,3-4,8H2,1-2H3,(H2,13,18)(H,14,17). The molecule has 98 valence electrons. The van der Waals surface area contributed by atoms with Crippen LogP contribution in [0.15, 0.2) is 18.3 Å². The SMILES string of the molecule is CCNC(=O)CN(CC)c1cccnc1C(N)=S. The van der Waals surface area contributed by atoms with Gasteiger partial charge in [-0.25, -0.2) is 0 Å². The van der Waals surface area contributed by atoms with Crippen LogP contribution < -0.4 is 16.0 Å². The van der Waals surface area contributed by atoms with Gasteiger partial charge in [-0.05, 0) is 26.0 Å². The molecule has 5 nitrogen and oxygen atoms in total. The third-order valence-corrected chi connectivity index (χ3v) is 2.64. The normalized spacial score (nSPS) is 9.89. The van der Waals surface area contributed by atoms with Crippen LogP contribution in [0.5, 0.6) is 0 Å². The maximum atomic E-state index is 11.6. The first-order valence-electron chi connectivity index (χ1n) is 5.86. The molecule has 0 fully saturated rings. The summed E-state index contributed by atoms with van der Waals surface area (Å²) in [7, 11) is 0. The molecular weight excluding hydrogens is 248 g/mol. The summed E-state index contributed by atoms with van der Waals surface area (Å²) in [5.41, 5.74) is 6.98. The number of nitrogens with two attached hydrogens (primary N) is 1.